The van der Waals surface area contributed by atoms with E-state index in [4.69, 9.17) is 4.74 Å². The summed E-state index contributed by atoms with van der Waals surface area (Å²) in [5.74, 6) is -0.394. The van der Waals surface area contributed by atoms with Gasteiger partial charge in [-0.3, -0.25) is 10.1 Å². The second kappa shape index (κ2) is 5.59. The van der Waals surface area contributed by atoms with Gasteiger partial charge >= 0.3 is 0 Å². The number of nitro benzene ring substituents is 1. The topological polar surface area (TPSA) is 116 Å². The van der Waals surface area contributed by atoms with E-state index in [0.29, 0.717) is 0 Å². The zero-order valence-electron chi connectivity index (χ0n) is 10.1. The van der Waals surface area contributed by atoms with Crippen molar-refractivity contribution < 1.29 is 22.9 Å². The van der Waals surface area contributed by atoms with Crippen molar-refractivity contribution in [3.8, 4) is 5.75 Å². The largest absolute Gasteiger partial charge is 0.494 e. The van der Waals surface area contributed by atoms with Gasteiger partial charge < -0.3 is 4.74 Å². The Hall–Kier alpha value is -2.25. The Morgan fingerprint density at radius 1 is 1.47 bits per heavy atom. The normalized spacial score (nSPS) is 10.6. The maximum Gasteiger partial charge on any atom is 0.291 e. The third kappa shape index (κ3) is 2.95. The lowest BCUT2D eigenvalue weighted by molar-refractivity contribution is -0.387. The van der Waals surface area contributed by atoms with Crippen molar-refractivity contribution in [2.45, 2.75) is 11.8 Å². The molecule has 0 unspecified atom stereocenters. The second-order valence-corrected chi connectivity index (χ2v) is 5.60. The predicted molar refractivity (Wildman–Crippen MR) is 65.2 cm³/mol. The highest BCUT2D eigenvalue weighted by molar-refractivity contribution is 7.91. The first-order valence-corrected chi connectivity index (χ1v) is 6.69. The number of sulfone groups is 1. The number of isocyanates is 1. The van der Waals surface area contributed by atoms with Gasteiger partial charge in [0.15, 0.2) is 15.6 Å². The summed E-state index contributed by atoms with van der Waals surface area (Å²) in [6.45, 7) is 1.35. The Kier molecular flexibility index (Phi) is 4.36. The molecule has 0 radical (unpaired) electrons. The Balaban J connectivity index is 3.74. The minimum Gasteiger partial charge on any atom is -0.494 e. The second-order valence-electron chi connectivity index (χ2n) is 3.36. The van der Waals surface area contributed by atoms with Crippen LogP contribution < -0.4 is 4.74 Å². The van der Waals surface area contributed by atoms with Gasteiger partial charge in [-0.25, -0.2) is 13.2 Å². The van der Waals surface area contributed by atoms with Crippen LogP contribution in [0.1, 0.15) is 6.92 Å². The lowest BCUT2D eigenvalue weighted by atomic mass is 10.2. The van der Waals surface area contributed by atoms with Gasteiger partial charge in [-0.15, -0.1) is 0 Å². The number of carbonyl (C=O) groups excluding carboxylic acids is 1. The number of aliphatic imine (C=N–C) groups is 1. The molecule has 0 aromatic heterocycles. The van der Waals surface area contributed by atoms with E-state index in [-0.39, 0.29) is 17.2 Å². The minimum absolute atomic E-state index is 0.0786. The molecule has 0 N–H and O–H groups in total. The number of nitro groups is 1. The monoisotopic (exact) mass is 286 g/mol. The predicted octanol–water partition coefficient (Wildman–Crippen LogP) is 1.36. The number of ether oxygens (including phenoxy) is 1. The van der Waals surface area contributed by atoms with Gasteiger partial charge in [0.05, 0.1) is 23.9 Å². The molecule has 1 rings (SSSR count). The van der Waals surface area contributed by atoms with Crippen LogP contribution in [0, 0.1) is 10.1 Å². The van der Waals surface area contributed by atoms with E-state index < -0.39 is 25.3 Å². The fraction of sp³-hybridized carbons (Fsp3) is 0.300. The summed E-state index contributed by atoms with van der Waals surface area (Å²) in [7, 11) is -2.61. The van der Waals surface area contributed by atoms with Gasteiger partial charge in [0.25, 0.3) is 5.69 Å². The Bertz CT molecular complexity index is 661. The summed E-state index contributed by atoms with van der Waals surface area (Å²) in [6.07, 6.45) is 1.23. The van der Waals surface area contributed by atoms with E-state index in [1.807, 2.05) is 0 Å². The molecule has 9 heteroatoms. The molecular weight excluding hydrogens is 276 g/mol. The highest BCUT2D eigenvalue weighted by Gasteiger charge is 2.27. The number of methoxy groups -OCH3 is 1. The molecule has 0 saturated carbocycles. The van der Waals surface area contributed by atoms with Crippen molar-refractivity contribution in [2.75, 3.05) is 12.9 Å². The van der Waals surface area contributed by atoms with Crippen LogP contribution in [0.5, 0.6) is 5.75 Å². The quantitative estimate of drug-likeness (QED) is 0.349. The van der Waals surface area contributed by atoms with Gasteiger partial charge in [-0.05, 0) is 6.07 Å². The molecule has 8 nitrogen and oxygen atoms in total. The summed E-state index contributed by atoms with van der Waals surface area (Å²) < 4.78 is 28.4. The molecule has 0 fully saturated rings. The molecule has 0 bridgehead atoms. The Morgan fingerprint density at radius 3 is 2.53 bits per heavy atom. The fourth-order valence-corrected chi connectivity index (χ4v) is 2.44. The van der Waals surface area contributed by atoms with E-state index in [1.54, 1.807) is 0 Å². The number of hydrogen-bond acceptors (Lipinski definition) is 7. The summed E-state index contributed by atoms with van der Waals surface area (Å²) in [5, 5.41) is 10.9. The molecule has 0 aliphatic heterocycles. The van der Waals surface area contributed by atoms with Crippen LogP contribution in [-0.2, 0) is 14.6 Å². The van der Waals surface area contributed by atoms with E-state index >= 15 is 0 Å². The van der Waals surface area contributed by atoms with Crippen molar-refractivity contribution in [3.05, 3.63) is 22.2 Å². The molecule has 1 aromatic rings. The van der Waals surface area contributed by atoms with Crippen LogP contribution in [0.15, 0.2) is 22.0 Å². The van der Waals surface area contributed by atoms with Crippen molar-refractivity contribution in [1.82, 2.24) is 0 Å². The summed E-state index contributed by atoms with van der Waals surface area (Å²) in [6, 6.07) is 1.85. The average Bonchev–Trinajstić information content (AvgIpc) is 2.38. The van der Waals surface area contributed by atoms with E-state index in [9.17, 15) is 23.3 Å². The van der Waals surface area contributed by atoms with E-state index in [0.717, 1.165) is 12.1 Å². The van der Waals surface area contributed by atoms with Crippen molar-refractivity contribution in [1.29, 1.82) is 0 Å². The molecule has 0 aliphatic rings. The smallest absolute Gasteiger partial charge is 0.291 e. The van der Waals surface area contributed by atoms with Crippen LogP contribution >= 0.6 is 0 Å². The maximum atomic E-state index is 11.8. The summed E-state index contributed by atoms with van der Waals surface area (Å²) >= 11 is 0. The number of rotatable bonds is 5. The van der Waals surface area contributed by atoms with Crippen molar-refractivity contribution in [3.63, 3.8) is 0 Å². The summed E-state index contributed by atoms with van der Waals surface area (Å²) in [4.78, 5) is 23.1. The van der Waals surface area contributed by atoms with E-state index in [2.05, 4.69) is 4.99 Å². The first-order valence-electron chi connectivity index (χ1n) is 5.04. The third-order valence-electron chi connectivity index (χ3n) is 2.34. The van der Waals surface area contributed by atoms with Crippen molar-refractivity contribution >= 4 is 27.3 Å². The molecule has 19 heavy (non-hydrogen) atoms. The minimum atomic E-state index is -3.83. The maximum absolute atomic E-state index is 11.8. The Labute approximate surface area is 108 Å². The lowest BCUT2D eigenvalue weighted by Crippen LogP contribution is -2.07. The van der Waals surface area contributed by atoms with Crippen LogP contribution in [0.2, 0.25) is 0 Å². The molecule has 0 atom stereocenters. The molecule has 0 amide bonds. The fourth-order valence-electron chi connectivity index (χ4n) is 1.39. The van der Waals surface area contributed by atoms with Crippen LogP contribution in [0.3, 0.4) is 0 Å². The SMILES string of the molecule is CCS(=O)(=O)c1cc(N=C=O)c(OC)cc1[N+](=O)[O-]. The van der Waals surface area contributed by atoms with Gasteiger partial charge in [-0.2, -0.15) is 4.99 Å². The number of hydrogen-bond donors (Lipinski definition) is 0. The highest BCUT2D eigenvalue weighted by Crippen LogP contribution is 2.37. The molecular formula is C10H10N2O6S. The van der Waals surface area contributed by atoms with E-state index in [1.165, 1.54) is 20.1 Å². The molecule has 0 heterocycles. The first-order chi connectivity index (χ1) is 8.87. The zero-order valence-corrected chi connectivity index (χ0v) is 10.9. The summed E-state index contributed by atoms with van der Waals surface area (Å²) in [5.41, 5.74) is -0.751. The third-order valence-corrected chi connectivity index (χ3v) is 4.10. The van der Waals surface area contributed by atoms with Gasteiger partial charge in [0, 0.05) is 0 Å². The molecule has 0 spiro atoms. The molecule has 0 saturated heterocycles. The molecule has 0 aliphatic carbocycles. The first kappa shape index (κ1) is 14.8. The standard InChI is InChI=1S/C10H10N2O6S/c1-3-19(16,17)10-4-7(11-6-13)9(18-2)5-8(10)12(14)15/h4-5H,3H2,1-2H3. The van der Waals surface area contributed by atoms with Gasteiger partial charge in [0.2, 0.25) is 6.08 Å². The number of nitrogens with zero attached hydrogens (tertiary/aromatic N) is 2. The number of benzene rings is 1. The van der Waals surface area contributed by atoms with Crippen molar-refractivity contribution in [2.24, 2.45) is 4.99 Å². The lowest BCUT2D eigenvalue weighted by Gasteiger charge is -2.07. The molecule has 1 aromatic carbocycles. The van der Waals surface area contributed by atoms with Gasteiger partial charge in [0.1, 0.15) is 10.6 Å². The molecule has 102 valence electrons. The average molecular weight is 286 g/mol. The Morgan fingerprint density at radius 2 is 2.11 bits per heavy atom. The highest BCUT2D eigenvalue weighted by atomic mass is 32.2. The van der Waals surface area contributed by atoms with Crippen LogP contribution in [0.25, 0.3) is 0 Å². The van der Waals surface area contributed by atoms with Crippen LogP contribution in [0.4, 0.5) is 11.4 Å². The van der Waals surface area contributed by atoms with Crippen LogP contribution in [-0.4, -0.2) is 32.3 Å². The van der Waals surface area contributed by atoms with Gasteiger partial charge in [-0.1, -0.05) is 6.92 Å². The zero-order chi connectivity index (χ0) is 14.6.